The van der Waals surface area contributed by atoms with Crippen LogP contribution in [0.15, 0.2) is 0 Å². The Kier molecular flexibility index (Phi) is 6.29. The molecule has 0 radical (unpaired) electrons. The van der Waals surface area contributed by atoms with E-state index in [0.29, 0.717) is 12.3 Å². The molecular weight excluding hydrogens is 290 g/mol. The molecule has 0 aromatic carbocycles. The van der Waals surface area contributed by atoms with E-state index in [4.69, 9.17) is 0 Å². The summed E-state index contributed by atoms with van der Waals surface area (Å²) in [4.78, 5) is 0. The third-order valence-corrected chi connectivity index (χ3v) is 5.50. The molecule has 0 heterocycles. The predicted octanol–water partition coefficient (Wildman–Crippen LogP) is 2.76. The van der Waals surface area contributed by atoms with E-state index >= 15 is 0 Å². The van der Waals surface area contributed by atoms with Gasteiger partial charge in [0, 0.05) is 17.9 Å². The Morgan fingerprint density at radius 1 is 1.31 bits per heavy atom. The molecule has 0 aromatic rings. The number of rotatable bonds is 7. The van der Waals surface area contributed by atoms with Gasteiger partial charge in [-0.05, 0) is 19.3 Å². The van der Waals surface area contributed by atoms with E-state index < -0.39 is 10.0 Å². The van der Waals surface area contributed by atoms with Crippen LogP contribution in [0.3, 0.4) is 0 Å². The van der Waals surface area contributed by atoms with Crippen molar-refractivity contribution in [3.05, 3.63) is 0 Å². The third kappa shape index (κ3) is 4.00. The lowest BCUT2D eigenvalue weighted by atomic mass is 10.2. The zero-order chi connectivity index (χ0) is 12.0. The molecule has 1 aliphatic carbocycles. The molecule has 1 saturated carbocycles. The van der Waals surface area contributed by atoms with Crippen LogP contribution in [0.2, 0.25) is 0 Å². The Morgan fingerprint density at radius 3 is 2.44 bits per heavy atom. The van der Waals surface area contributed by atoms with Gasteiger partial charge in [0.05, 0.1) is 5.75 Å². The fourth-order valence-corrected chi connectivity index (χ4v) is 4.81. The maximum absolute atomic E-state index is 12.2. The van der Waals surface area contributed by atoms with Crippen LogP contribution in [0, 0.1) is 0 Å². The zero-order valence-corrected chi connectivity index (χ0v) is 12.4. The first-order valence-electron chi connectivity index (χ1n) is 6.17. The van der Waals surface area contributed by atoms with Gasteiger partial charge in [-0.2, -0.15) is 4.31 Å². The van der Waals surface area contributed by atoms with E-state index in [-0.39, 0.29) is 6.04 Å². The van der Waals surface area contributed by atoms with Crippen molar-refractivity contribution in [1.82, 2.24) is 4.31 Å². The Hall–Kier alpha value is 0.390. The highest BCUT2D eigenvalue weighted by molar-refractivity contribution is 9.09. The standard InChI is InChI=1S/C11H22BrNO2S/c1-2-3-10-16(14,15)13(9-8-12)11-6-4-5-7-11/h11H,2-10H2,1H3. The van der Waals surface area contributed by atoms with Crippen LogP contribution in [0.25, 0.3) is 0 Å². The molecule has 1 fully saturated rings. The van der Waals surface area contributed by atoms with Gasteiger partial charge in [0.1, 0.15) is 0 Å². The fourth-order valence-electron chi connectivity index (χ4n) is 2.27. The molecule has 0 N–H and O–H groups in total. The minimum absolute atomic E-state index is 0.263. The summed E-state index contributed by atoms with van der Waals surface area (Å²) in [6.45, 7) is 2.65. The lowest BCUT2D eigenvalue weighted by Gasteiger charge is -2.27. The van der Waals surface area contributed by atoms with Gasteiger partial charge in [-0.25, -0.2) is 8.42 Å². The van der Waals surface area contributed by atoms with Gasteiger partial charge >= 0.3 is 0 Å². The van der Waals surface area contributed by atoms with Crippen molar-refractivity contribution in [3.63, 3.8) is 0 Å². The normalized spacial score (nSPS) is 18.4. The van der Waals surface area contributed by atoms with Gasteiger partial charge < -0.3 is 0 Å². The minimum Gasteiger partial charge on any atom is -0.212 e. The minimum atomic E-state index is -3.03. The van der Waals surface area contributed by atoms with Crippen LogP contribution >= 0.6 is 15.9 Å². The Balaban J connectivity index is 2.67. The Labute approximate surface area is 108 Å². The van der Waals surface area contributed by atoms with Gasteiger partial charge in [-0.3, -0.25) is 0 Å². The number of hydrogen-bond donors (Lipinski definition) is 0. The highest BCUT2D eigenvalue weighted by atomic mass is 79.9. The molecule has 0 amide bonds. The average Bonchev–Trinajstić information content (AvgIpc) is 2.76. The van der Waals surface area contributed by atoms with Crippen molar-refractivity contribution in [2.75, 3.05) is 17.6 Å². The highest BCUT2D eigenvalue weighted by Gasteiger charge is 2.30. The smallest absolute Gasteiger partial charge is 0.212 e. The molecule has 16 heavy (non-hydrogen) atoms. The summed E-state index contributed by atoms with van der Waals surface area (Å²) < 4.78 is 26.1. The van der Waals surface area contributed by atoms with Crippen LogP contribution in [-0.4, -0.2) is 36.4 Å². The summed E-state index contributed by atoms with van der Waals surface area (Å²) in [7, 11) is -3.03. The molecule has 1 aliphatic rings. The van der Waals surface area contributed by atoms with Gasteiger partial charge in [0.25, 0.3) is 0 Å². The monoisotopic (exact) mass is 311 g/mol. The molecule has 0 bridgehead atoms. The maximum Gasteiger partial charge on any atom is 0.214 e. The first-order valence-corrected chi connectivity index (χ1v) is 8.90. The lowest BCUT2D eigenvalue weighted by molar-refractivity contribution is 0.337. The second-order valence-electron chi connectivity index (χ2n) is 4.41. The van der Waals surface area contributed by atoms with E-state index in [1.54, 1.807) is 4.31 Å². The molecule has 3 nitrogen and oxygen atoms in total. The molecular formula is C11H22BrNO2S. The number of unbranched alkanes of at least 4 members (excludes halogenated alkanes) is 1. The number of hydrogen-bond acceptors (Lipinski definition) is 2. The number of alkyl halides is 1. The summed E-state index contributed by atoms with van der Waals surface area (Å²) in [5.74, 6) is 0.312. The van der Waals surface area contributed by atoms with Crippen molar-refractivity contribution in [2.45, 2.75) is 51.5 Å². The van der Waals surface area contributed by atoms with Crippen LogP contribution in [0.4, 0.5) is 0 Å². The quantitative estimate of drug-likeness (QED) is 0.678. The van der Waals surface area contributed by atoms with Crippen LogP contribution in [0.5, 0.6) is 0 Å². The summed E-state index contributed by atoms with van der Waals surface area (Å²) in [6, 6.07) is 0.263. The molecule has 0 aromatic heterocycles. The van der Waals surface area contributed by atoms with Crippen LogP contribution in [0.1, 0.15) is 45.4 Å². The molecule has 0 unspecified atom stereocenters. The van der Waals surface area contributed by atoms with Crippen molar-refractivity contribution >= 4 is 26.0 Å². The average molecular weight is 312 g/mol. The van der Waals surface area contributed by atoms with Crippen molar-refractivity contribution in [1.29, 1.82) is 0 Å². The van der Waals surface area contributed by atoms with Crippen molar-refractivity contribution < 1.29 is 8.42 Å². The SMILES string of the molecule is CCCCS(=O)(=O)N(CCBr)C1CCCC1. The van der Waals surface area contributed by atoms with E-state index in [2.05, 4.69) is 15.9 Å². The molecule has 0 atom stereocenters. The summed E-state index contributed by atoms with van der Waals surface area (Å²) in [5.41, 5.74) is 0. The lowest BCUT2D eigenvalue weighted by Crippen LogP contribution is -2.41. The third-order valence-electron chi connectivity index (χ3n) is 3.15. The second kappa shape index (κ2) is 6.97. The Bertz CT molecular complexity index is 286. The maximum atomic E-state index is 12.2. The van der Waals surface area contributed by atoms with Crippen molar-refractivity contribution in [3.8, 4) is 0 Å². The zero-order valence-electron chi connectivity index (χ0n) is 9.99. The van der Waals surface area contributed by atoms with Crippen LogP contribution < -0.4 is 0 Å². The summed E-state index contributed by atoms with van der Waals surface area (Å²) in [5, 5.41) is 0.731. The van der Waals surface area contributed by atoms with E-state index in [1.807, 2.05) is 6.92 Å². The molecule has 1 rings (SSSR count). The largest absolute Gasteiger partial charge is 0.214 e. The van der Waals surface area contributed by atoms with E-state index in [0.717, 1.165) is 31.0 Å². The predicted molar refractivity (Wildman–Crippen MR) is 71.5 cm³/mol. The van der Waals surface area contributed by atoms with Gasteiger partial charge in [0.2, 0.25) is 10.0 Å². The summed E-state index contributed by atoms with van der Waals surface area (Å²) >= 11 is 3.35. The highest BCUT2D eigenvalue weighted by Crippen LogP contribution is 2.26. The first-order chi connectivity index (χ1) is 7.61. The van der Waals surface area contributed by atoms with Gasteiger partial charge in [-0.15, -0.1) is 0 Å². The van der Waals surface area contributed by atoms with Crippen LogP contribution in [-0.2, 0) is 10.0 Å². The van der Waals surface area contributed by atoms with Gasteiger partial charge in [-0.1, -0.05) is 42.1 Å². The van der Waals surface area contributed by atoms with E-state index in [1.165, 1.54) is 12.8 Å². The molecule has 0 saturated heterocycles. The molecule has 0 aliphatic heterocycles. The number of nitrogens with zero attached hydrogens (tertiary/aromatic N) is 1. The second-order valence-corrected chi connectivity index (χ2v) is 7.24. The molecule has 5 heteroatoms. The van der Waals surface area contributed by atoms with Crippen molar-refractivity contribution in [2.24, 2.45) is 0 Å². The Morgan fingerprint density at radius 2 is 1.94 bits per heavy atom. The first kappa shape index (κ1) is 14.5. The number of sulfonamides is 1. The molecule has 96 valence electrons. The molecule has 0 spiro atoms. The number of halogens is 1. The van der Waals surface area contributed by atoms with E-state index in [9.17, 15) is 8.42 Å². The fraction of sp³-hybridized carbons (Fsp3) is 1.00. The van der Waals surface area contributed by atoms with Gasteiger partial charge in [0.15, 0.2) is 0 Å². The summed E-state index contributed by atoms with van der Waals surface area (Å²) in [6.07, 6.45) is 6.14. The topological polar surface area (TPSA) is 37.4 Å².